The van der Waals surface area contributed by atoms with Gasteiger partial charge >= 0.3 is 10.3 Å². The van der Waals surface area contributed by atoms with Gasteiger partial charge in [0.25, 0.3) is 17.1 Å². The van der Waals surface area contributed by atoms with Gasteiger partial charge in [-0.25, -0.2) is 19.9 Å². The maximum absolute atomic E-state index is 12.6. The Hall–Kier alpha value is -10.2. The van der Waals surface area contributed by atoms with Gasteiger partial charge in [-0.3, -0.25) is 54.0 Å². The van der Waals surface area contributed by atoms with Gasteiger partial charge in [-0.1, -0.05) is 175 Å². The van der Waals surface area contributed by atoms with Crippen molar-refractivity contribution in [1.82, 2.24) is 35.9 Å². The summed E-state index contributed by atoms with van der Waals surface area (Å²) in [5.41, 5.74) is 17.1. The van der Waals surface area contributed by atoms with Gasteiger partial charge in [0.2, 0.25) is 17.7 Å². The summed E-state index contributed by atoms with van der Waals surface area (Å²) >= 11 is 6.12. The van der Waals surface area contributed by atoms with E-state index in [1.165, 1.54) is 70.4 Å². The molecular formula is C77H85BrN12O12S5. The quantitative estimate of drug-likeness (QED) is 0.0138. The van der Waals surface area contributed by atoms with Crippen molar-refractivity contribution in [2.24, 2.45) is 5.73 Å². The third-order valence-electron chi connectivity index (χ3n) is 16.0. The second-order valence-electron chi connectivity index (χ2n) is 23.9. The molecule has 0 unspecified atom stereocenters. The molecule has 0 spiro atoms. The molecule has 7 N–H and O–H groups in total. The number of hydrogen-bond donors (Lipinski definition) is 6. The van der Waals surface area contributed by atoms with Gasteiger partial charge in [0.1, 0.15) is 20.0 Å². The van der Waals surface area contributed by atoms with Crippen LogP contribution >= 0.6 is 62.3 Å². The molecule has 0 aliphatic heterocycles. The highest BCUT2D eigenvalue weighted by Gasteiger charge is 2.24. The molecule has 0 radical (unpaired) electrons. The minimum absolute atomic E-state index is 0. The number of benzene rings is 7. The largest absolute Gasteiger partial charge is 0.357 e. The van der Waals surface area contributed by atoms with Crippen molar-refractivity contribution in [3.63, 3.8) is 0 Å². The first-order valence-corrected chi connectivity index (χ1v) is 38.5. The van der Waals surface area contributed by atoms with E-state index in [0.717, 1.165) is 107 Å². The molecule has 0 saturated heterocycles. The van der Waals surface area contributed by atoms with Crippen LogP contribution in [0.1, 0.15) is 141 Å². The first kappa shape index (κ1) is 85.7. The molecule has 0 bridgehead atoms. The fraction of sp³-hybridized carbons (Fsp3) is 0.260. The highest BCUT2D eigenvalue weighted by atomic mass is 79.9. The molecule has 3 amide bonds. The van der Waals surface area contributed by atoms with Crippen LogP contribution in [-0.4, -0.2) is 65.4 Å². The van der Waals surface area contributed by atoms with E-state index in [1.54, 1.807) is 72.0 Å². The van der Waals surface area contributed by atoms with Crippen LogP contribution in [0.2, 0.25) is 0 Å². The zero-order valence-electron chi connectivity index (χ0n) is 58.4. The fourth-order valence-corrected chi connectivity index (χ4v) is 14.6. The van der Waals surface area contributed by atoms with Crippen molar-refractivity contribution >= 4 is 113 Å². The van der Waals surface area contributed by atoms with Crippen molar-refractivity contribution in [3.05, 3.63) is 322 Å². The van der Waals surface area contributed by atoms with E-state index < -0.39 is 25.1 Å². The van der Waals surface area contributed by atoms with Gasteiger partial charge in [-0.2, -0.15) is 8.42 Å². The van der Waals surface area contributed by atoms with Crippen molar-refractivity contribution in [2.45, 2.75) is 130 Å². The maximum Gasteiger partial charge on any atom is 0.357 e. The molecule has 4 heterocycles. The lowest BCUT2D eigenvalue weighted by molar-refractivity contribution is -0.385. The smallest absolute Gasteiger partial charge is 0.346 e. The van der Waals surface area contributed by atoms with E-state index in [-0.39, 0.29) is 95.5 Å². The number of nitrogens with zero attached hydrogens (tertiary/aromatic N) is 7. The second-order valence-corrected chi connectivity index (χ2v) is 28.7. The predicted molar refractivity (Wildman–Crippen MR) is 429 cm³/mol. The number of thiazole rings is 4. The van der Waals surface area contributed by atoms with Crippen LogP contribution < -0.4 is 26.4 Å². The van der Waals surface area contributed by atoms with Crippen molar-refractivity contribution in [2.75, 3.05) is 4.72 Å². The zero-order chi connectivity index (χ0) is 75.3. The Balaban J connectivity index is 0.000000224. The van der Waals surface area contributed by atoms with Crippen molar-refractivity contribution < 1.29 is 42.1 Å². The molecule has 0 saturated carbocycles. The number of rotatable bonds is 30. The van der Waals surface area contributed by atoms with Crippen LogP contribution in [-0.2, 0) is 95.3 Å². The number of nitro benzene ring substituents is 3. The number of aryl methyl sites for hydroxylation is 4. The third-order valence-corrected chi connectivity index (χ3v) is 20.5. The fourth-order valence-electron chi connectivity index (χ4n) is 10.4. The predicted octanol–water partition coefficient (Wildman–Crippen LogP) is 16.1. The monoisotopic (exact) mass is 1610 g/mol. The van der Waals surface area contributed by atoms with Gasteiger partial charge < -0.3 is 21.7 Å². The van der Waals surface area contributed by atoms with Crippen LogP contribution in [0.5, 0.6) is 0 Å². The molecule has 4 aromatic heterocycles. The Kier molecular flexibility index (Phi) is 34.8. The Bertz CT molecular complexity index is 4550. The van der Waals surface area contributed by atoms with Gasteiger partial charge in [0.15, 0.2) is 0 Å². The molecule has 0 aliphatic carbocycles. The number of nitrogens with one attached hydrogen (secondary N) is 4. The molecule has 7 aromatic carbocycles. The molecule has 11 rings (SSSR count). The Morgan fingerprint density at radius 1 is 0.411 bits per heavy atom. The first-order chi connectivity index (χ1) is 50.5. The minimum Gasteiger partial charge on any atom is -0.346 e. The van der Waals surface area contributed by atoms with Gasteiger partial charge in [0.05, 0.1) is 86.7 Å². The number of nitro groups is 3. The van der Waals surface area contributed by atoms with Crippen LogP contribution in [0, 0.1) is 30.3 Å². The summed E-state index contributed by atoms with van der Waals surface area (Å²) < 4.78 is 32.8. The number of halogens is 1. The molecule has 11 aromatic rings. The van der Waals surface area contributed by atoms with E-state index in [2.05, 4.69) is 42.8 Å². The van der Waals surface area contributed by atoms with E-state index >= 15 is 0 Å². The number of hydrogen-bond acceptors (Lipinski definition) is 20. The Labute approximate surface area is 648 Å². The topological polar surface area (TPSA) is 361 Å². The van der Waals surface area contributed by atoms with E-state index in [4.69, 9.17) is 10.3 Å². The van der Waals surface area contributed by atoms with Gasteiger partial charge in [-0.05, 0) is 102 Å². The number of carbonyl (C=O) groups is 3. The van der Waals surface area contributed by atoms with E-state index in [1.807, 2.05) is 138 Å². The summed E-state index contributed by atoms with van der Waals surface area (Å²) in [6.07, 6.45) is 6.44. The molecule has 0 aliphatic rings. The standard InChI is InChI=1S/C21H23N3O4S2.2C21H21N3O3S.C13H15N3O2S.CH4.BrH/c1-2-17-14-29-21(22-17)19(23-20(25)13-15-6-4-3-5-7-15)12-16-8-10-18(11-9-16)24-30(26,27)28;2*1-2-17-14-28-21(22-17)19(12-16-8-10-18(11-9-16)24(26)27)23-20(25)13-15-6-4-3-5-7-15;1-2-10-8-19-13(15-10)12(14)7-9-3-5-11(6-4-9)16(17)18;;/h3-11,14,19,24H,2,12-13H2,1H3,(H,23,25)(H,26,27,28);2*3-11,14,19H,2,12-13H2,1H3,(H,23,25);3-6,8,12H,2,7,14H2,1H3;1H4;1H/t3*19-;12-;;/m0000../s1. The summed E-state index contributed by atoms with van der Waals surface area (Å²) in [4.78, 5) is 87.2. The molecule has 562 valence electrons. The van der Waals surface area contributed by atoms with E-state index in [0.29, 0.717) is 38.5 Å². The summed E-state index contributed by atoms with van der Waals surface area (Å²) in [5, 5.41) is 52.9. The number of anilines is 1. The SMILES string of the molecule is Br.C.CCc1csc([C@@H](N)Cc2ccc([N+](=O)[O-])cc2)n1.CCc1csc([C@H](Cc2ccc(NS(=O)(=O)O)cc2)NC(=O)Cc2ccccc2)n1.CCc1csc([C@H](Cc2ccc([N+](=O)[O-])cc2)NC(=O)Cc2ccccc2)n1.CCc1csc([C@H](Cc2ccc([N+](=O)[O-])cc2)NC(=O)Cc2ccccc2)n1. The molecule has 0 fully saturated rings. The summed E-state index contributed by atoms with van der Waals surface area (Å²) in [6, 6.07) is 53.6. The highest BCUT2D eigenvalue weighted by molar-refractivity contribution is 8.93. The summed E-state index contributed by atoms with van der Waals surface area (Å²) in [6.45, 7) is 8.17. The summed E-state index contributed by atoms with van der Waals surface area (Å²) in [5.74, 6) is -0.248. The molecule has 107 heavy (non-hydrogen) atoms. The van der Waals surface area contributed by atoms with Crippen LogP contribution in [0.3, 0.4) is 0 Å². The average Bonchev–Trinajstić information content (AvgIpc) is 1.84. The third kappa shape index (κ3) is 28.9. The van der Waals surface area contributed by atoms with E-state index in [9.17, 15) is 53.1 Å². The number of carbonyl (C=O) groups excluding carboxylic acids is 3. The molecule has 4 atom stereocenters. The number of non-ortho nitro benzene ring substituents is 3. The number of amides is 3. The zero-order valence-corrected chi connectivity index (χ0v) is 64.2. The van der Waals surface area contributed by atoms with Crippen LogP contribution in [0.25, 0.3) is 0 Å². The average molecular weight is 1610 g/mol. The molecule has 30 heteroatoms. The minimum atomic E-state index is -4.32. The molecular weight excluding hydrogens is 1530 g/mol. The second kappa shape index (κ2) is 43.4. The van der Waals surface area contributed by atoms with Gasteiger partial charge in [-0.15, -0.1) is 62.3 Å². The van der Waals surface area contributed by atoms with Crippen molar-refractivity contribution in [3.8, 4) is 0 Å². The van der Waals surface area contributed by atoms with Crippen LogP contribution in [0.4, 0.5) is 22.7 Å². The van der Waals surface area contributed by atoms with Crippen molar-refractivity contribution in [1.29, 1.82) is 0 Å². The Morgan fingerprint density at radius 2 is 0.664 bits per heavy atom. The number of aromatic nitrogens is 4. The maximum atomic E-state index is 12.6. The normalized spacial score (nSPS) is 11.8. The Morgan fingerprint density at radius 3 is 0.916 bits per heavy atom. The lowest BCUT2D eigenvalue weighted by atomic mass is 10.0. The van der Waals surface area contributed by atoms with Crippen LogP contribution in [0.15, 0.2) is 210 Å². The van der Waals surface area contributed by atoms with Gasteiger partial charge in [0, 0.05) is 57.9 Å². The number of nitrogens with two attached hydrogens (primary N) is 1. The summed E-state index contributed by atoms with van der Waals surface area (Å²) in [7, 11) is -4.32. The first-order valence-electron chi connectivity index (χ1n) is 33.6. The lowest BCUT2D eigenvalue weighted by Gasteiger charge is -2.17. The lowest BCUT2D eigenvalue weighted by Crippen LogP contribution is -2.31. The molecule has 24 nitrogen and oxygen atoms in total. The highest BCUT2D eigenvalue weighted by Crippen LogP contribution is 2.29.